The summed E-state index contributed by atoms with van der Waals surface area (Å²) in [6, 6.07) is 8.33. The summed E-state index contributed by atoms with van der Waals surface area (Å²) in [6.07, 6.45) is 0.907. The molecule has 0 amide bonds. The van der Waals surface area contributed by atoms with Gasteiger partial charge in [-0.2, -0.15) is 0 Å². The van der Waals surface area contributed by atoms with E-state index in [0.717, 1.165) is 24.3 Å². The van der Waals surface area contributed by atoms with Crippen molar-refractivity contribution in [2.45, 2.75) is 32.4 Å². The minimum absolute atomic E-state index is 0.0324. The highest BCUT2D eigenvalue weighted by Gasteiger charge is 2.30. The zero-order valence-electron chi connectivity index (χ0n) is 12.7. The molecule has 1 fully saturated rings. The maximum Gasteiger partial charge on any atom is 0.134 e. The van der Waals surface area contributed by atoms with Crippen molar-refractivity contribution in [2.24, 2.45) is 0 Å². The Kier molecular flexibility index (Phi) is 4.58. The zero-order valence-corrected chi connectivity index (χ0v) is 12.7. The molecule has 1 aliphatic heterocycles. The van der Waals surface area contributed by atoms with Gasteiger partial charge in [-0.3, -0.25) is 0 Å². The Morgan fingerprint density at radius 2 is 2.10 bits per heavy atom. The number of fused-ring (bicyclic) bond motifs is 1. The summed E-state index contributed by atoms with van der Waals surface area (Å²) in [6.45, 7) is 7.09. The van der Waals surface area contributed by atoms with Crippen molar-refractivity contribution in [3.05, 3.63) is 35.6 Å². The second-order valence-electron chi connectivity index (χ2n) is 5.31. The summed E-state index contributed by atoms with van der Waals surface area (Å²) < 4.78 is 17.6. The van der Waals surface area contributed by atoms with E-state index in [-0.39, 0.29) is 12.1 Å². The number of para-hydroxylation sites is 1. The van der Waals surface area contributed by atoms with E-state index < -0.39 is 0 Å². The molecule has 1 aromatic carbocycles. The van der Waals surface area contributed by atoms with Crippen molar-refractivity contribution in [1.82, 2.24) is 5.32 Å². The number of hydrogen-bond donors (Lipinski definition) is 1. The first kappa shape index (κ1) is 14.6. The van der Waals surface area contributed by atoms with Crippen LogP contribution in [0.15, 0.2) is 28.7 Å². The van der Waals surface area contributed by atoms with Crippen LogP contribution < -0.4 is 5.32 Å². The van der Waals surface area contributed by atoms with E-state index in [0.29, 0.717) is 19.8 Å². The Morgan fingerprint density at radius 1 is 1.24 bits per heavy atom. The van der Waals surface area contributed by atoms with Crippen LogP contribution in [0.2, 0.25) is 0 Å². The molecular weight excluding hydrogens is 266 g/mol. The van der Waals surface area contributed by atoms with E-state index in [1.807, 2.05) is 12.1 Å². The van der Waals surface area contributed by atoms with Crippen LogP contribution >= 0.6 is 0 Å². The van der Waals surface area contributed by atoms with Crippen molar-refractivity contribution in [3.8, 4) is 0 Å². The van der Waals surface area contributed by atoms with Gasteiger partial charge in [0.05, 0.1) is 25.9 Å². The van der Waals surface area contributed by atoms with Gasteiger partial charge in [0.1, 0.15) is 17.4 Å². The van der Waals surface area contributed by atoms with E-state index in [4.69, 9.17) is 13.9 Å². The molecule has 4 heteroatoms. The largest absolute Gasteiger partial charge is 0.461 e. The van der Waals surface area contributed by atoms with Gasteiger partial charge in [-0.05, 0) is 12.6 Å². The Hall–Kier alpha value is -1.36. The predicted octanol–water partition coefficient (Wildman–Crippen LogP) is 3.06. The average molecular weight is 289 g/mol. The third-order valence-electron chi connectivity index (χ3n) is 3.98. The van der Waals surface area contributed by atoms with Crippen LogP contribution in [0.1, 0.15) is 31.2 Å². The summed E-state index contributed by atoms with van der Waals surface area (Å²) in [5, 5.41) is 4.73. The summed E-state index contributed by atoms with van der Waals surface area (Å²) in [4.78, 5) is 0. The maximum atomic E-state index is 6.03. The average Bonchev–Trinajstić information content (AvgIpc) is 2.92. The van der Waals surface area contributed by atoms with Crippen LogP contribution in [0.5, 0.6) is 0 Å². The summed E-state index contributed by atoms with van der Waals surface area (Å²) in [7, 11) is 0. The lowest BCUT2D eigenvalue weighted by Gasteiger charge is -2.31. The molecule has 114 valence electrons. The molecule has 1 saturated heterocycles. The molecule has 21 heavy (non-hydrogen) atoms. The van der Waals surface area contributed by atoms with E-state index in [9.17, 15) is 0 Å². The molecule has 0 bridgehead atoms. The fraction of sp³-hybridized carbons (Fsp3) is 0.529. The normalized spacial score (nSPS) is 20.8. The minimum Gasteiger partial charge on any atom is -0.461 e. The van der Waals surface area contributed by atoms with Crippen molar-refractivity contribution in [3.63, 3.8) is 0 Å². The van der Waals surface area contributed by atoms with Gasteiger partial charge in [0.25, 0.3) is 0 Å². The molecular formula is C17H23NO3. The molecule has 2 unspecified atom stereocenters. The highest BCUT2D eigenvalue weighted by Crippen LogP contribution is 2.34. The van der Waals surface area contributed by atoms with Crippen molar-refractivity contribution in [1.29, 1.82) is 0 Å². The minimum atomic E-state index is 0.0324. The highest BCUT2D eigenvalue weighted by molar-refractivity contribution is 5.83. The van der Waals surface area contributed by atoms with Gasteiger partial charge >= 0.3 is 0 Å². The van der Waals surface area contributed by atoms with E-state index in [2.05, 4.69) is 31.3 Å². The van der Waals surface area contributed by atoms with Gasteiger partial charge in [0, 0.05) is 17.4 Å². The van der Waals surface area contributed by atoms with Crippen molar-refractivity contribution in [2.75, 3.05) is 26.4 Å². The molecule has 2 aromatic rings. The van der Waals surface area contributed by atoms with Gasteiger partial charge in [-0.25, -0.2) is 0 Å². The number of nitrogens with one attached hydrogen (secondary N) is 1. The van der Waals surface area contributed by atoms with E-state index >= 15 is 0 Å². The van der Waals surface area contributed by atoms with Crippen LogP contribution in [0.25, 0.3) is 11.0 Å². The highest BCUT2D eigenvalue weighted by atomic mass is 16.6. The summed E-state index contributed by atoms with van der Waals surface area (Å²) in [5.74, 6) is 1.04. The van der Waals surface area contributed by atoms with Gasteiger partial charge in [-0.1, -0.05) is 32.0 Å². The molecule has 1 aliphatic rings. The van der Waals surface area contributed by atoms with Crippen LogP contribution in [0.4, 0.5) is 0 Å². The Morgan fingerprint density at radius 3 is 2.81 bits per heavy atom. The molecule has 0 radical (unpaired) electrons. The lowest BCUT2D eigenvalue weighted by Crippen LogP contribution is -2.40. The quantitative estimate of drug-likeness (QED) is 0.918. The SMILES string of the molecule is CCNC(c1c(CC)oc2ccccc12)C1COCCO1. The molecule has 1 N–H and O–H groups in total. The second-order valence-corrected chi connectivity index (χ2v) is 5.31. The molecule has 2 heterocycles. The first-order chi connectivity index (χ1) is 10.3. The number of hydrogen-bond acceptors (Lipinski definition) is 4. The van der Waals surface area contributed by atoms with E-state index in [1.165, 1.54) is 10.9 Å². The Bertz CT molecular complexity index is 587. The van der Waals surface area contributed by atoms with Gasteiger partial charge in [0.2, 0.25) is 0 Å². The van der Waals surface area contributed by atoms with Gasteiger partial charge < -0.3 is 19.2 Å². The smallest absolute Gasteiger partial charge is 0.134 e. The molecule has 1 aromatic heterocycles. The molecule has 0 spiro atoms. The number of ether oxygens (including phenoxy) is 2. The topological polar surface area (TPSA) is 43.6 Å². The third-order valence-corrected chi connectivity index (χ3v) is 3.98. The Labute approximate surface area is 125 Å². The lowest BCUT2D eigenvalue weighted by atomic mass is 9.97. The van der Waals surface area contributed by atoms with Crippen LogP contribution in [0.3, 0.4) is 0 Å². The molecule has 3 rings (SSSR count). The van der Waals surface area contributed by atoms with Crippen LogP contribution in [0, 0.1) is 0 Å². The zero-order chi connectivity index (χ0) is 14.7. The first-order valence-corrected chi connectivity index (χ1v) is 7.78. The third kappa shape index (κ3) is 2.84. The monoisotopic (exact) mass is 289 g/mol. The number of aryl methyl sites for hydroxylation is 1. The Balaban J connectivity index is 2.04. The molecule has 0 saturated carbocycles. The summed E-state index contributed by atoms with van der Waals surface area (Å²) >= 11 is 0. The number of furan rings is 1. The predicted molar refractivity (Wildman–Crippen MR) is 82.6 cm³/mol. The van der Waals surface area contributed by atoms with Crippen molar-refractivity contribution < 1.29 is 13.9 Å². The fourth-order valence-electron chi connectivity index (χ4n) is 3.06. The first-order valence-electron chi connectivity index (χ1n) is 7.78. The van der Waals surface area contributed by atoms with E-state index in [1.54, 1.807) is 0 Å². The maximum absolute atomic E-state index is 6.03. The van der Waals surface area contributed by atoms with Gasteiger partial charge in [0.15, 0.2) is 0 Å². The number of benzene rings is 1. The number of rotatable bonds is 5. The molecule has 0 aliphatic carbocycles. The summed E-state index contributed by atoms with van der Waals surface area (Å²) in [5.41, 5.74) is 2.18. The molecule has 2 atom stereocenters. The second kappa shape index (κ2) is 6.60. The van der Waals surface area contributed by atoms with Crippen molar-refractivity contribution >= 4 is 11.0 Å². The standard InChI is InChI=1S/C17H23NO3/c1-3-13-16(12-7-5-6-8-14(12)21-13)17(18-4-2)15-11-19-9-10-20-15/h5-8,15,17-18H,3-4,9-11H2,1-2H3. The van der Waals surface area contributed by atoms with Crippen LogP contribution in [-0.2, 0) is 15.9 Å². The number of likely N-dealkylation sites (N-methyl/N-ethyl adjacent to an activating group) is 1. The lowest BCUT2D eigenvalue weighted by molar-refractivity contribution is -0.102. The fourth-order valence-corrected chi connectivity index (χ4v) is 3.06. The molecule has 4 nitrogen and oxygen atoms in total. The van der Waals surface area contributed by atoms with Gasteiger partial charge in [-0.15, -0.1) is 0 Å². The van der Waals surface area contributed by atoms with Crippen LogP contribution in [-0.4, -0.2) is 32.5 Å².